The smallest absolute Gasteiger partial charge is 0.126 e. The molecule has 4 heteroatoms. The highest BCUT2D eigenvalue weighted by Crippen LogP contribution is 2.36. The second-order valence-electron chi connectivity index (χ2n) is 5.04. The Morgan fingerprint density at radius 1 is 0.905 bits per heavy atom. The molecule has 21 heavy (non-hydrogen) atoms. The van der Waals surface area contributed by atoms with Gasteiger partial charge in [0.1, 0.15) is 15.7 Å². The number of nitrogen functional groups attached to an aromatic ring is 1. The monoisotopic (exact) mass is 295 g/mol. The number of anilines is 2. The molecule has 0 aliphatic heterocycles. The maximum Gasteiger partial charge on any atom is 0.126 e. The first-order chi connectivity index (χ1) is 10.1. The number of aromatic nitrogens is 1. The first-order valence-corrected chi connectivity index (χ1v) is 7.56. The van der Waals surface area contributed by atoms with Crippen molar-refractivity contribution < 1.29 is 0 Å². The Hall–Kier alpha value is -2.33. The minimum atomic E-state index is 0.756. The highest BCUT2D eigenvalue weighted by molar-refractivity contribution is 7.19. The van der Waals surface area contributed by atoms with Crippen LogP contribution in [0, 0.1) is 0 Å². The molecule has 0 radical (unpaired) electrons. The van der Waals surface area contributed by atoms with Crippen LogP contribution in [0.25, 0.3) is 21.8 Å². The Balaban J connectivity index is 1.98. The zero-order valence-corrected chi connectivity index (χ0v) is 12.9. The van der Waals surface area contributed by atoms with Crippen molar-refractivity contribution >= 4 is 22.0 Å². The molecule has 0 fully saturated rings. The molecule has 3 nitrogen and oxygen atoms in total. The zero-order chi connectivity index (χ0) is 14.8. The van der Waals surface area contributed by atoms with Crippen LogP contribution in [0.2, 0.25) is 0 Å². The van der Waals surface area contributed by atoms with Gasteiger partial charge in [0.2, 0.25) is 0 Å². The van der Waals surface area contributed by atoms with Crippen molar-refractivity contribution in [2.75, 3.05) is 24.7 Å². The van der Waals surface area contributed by atoms with Crippen LogP contribution in [-0.2, 0) is 0 Å². The van der Waals surface area contributed by atoms with Crippen LogP contribution in [0.15, 0.2) is 54.6 Å². The summed E-state index contributed by atoms with van der Waals surface area (Å²) in [5, 5.41) is 1.71. The molecule has 0 amide bonds. The van der Waals surface area contributed by atoms with E-state index < -0.39 is 0 Å². The molecule has 2 N–H and O–H groups in total. The van der Waals surface area contributed by atoms with E-state index in [1.807, 2.05) is 32.3 Å². The van der Waals surface area contributed by atoms with Gasteiger partial charge in [0, 0.05) is 30.9 Å². The number of hydrogen-bond donors (Lipinski definition) is 1. The molecule has 0 atom stereocenters. The van der Waals surface area contributed by atoms with Crippen molar-refractivity contribution in [3.63, 3.8) is 0 Å². The summed E-state index contributed by atoms with van der Waals surface area (Å²) in [7, 11) is 4.05. The molecule has 0 aliphatic carbocycles. The maximum atomic E-state index is 6.15. The fourth-order valence-electron chi connectivity index (χ4n) is 2.16. The second kappa shape index (κ2) is 5.58. The second-order valence-corrected chi connectivity index (χ2v) is 6.07. The molecule has 2 aromatic carbocycles. The summed E-state index contributed by atoms with van der Waals surface area (Å²) in [6.07, 6.45) is 0. The number of hydrogen-bond acceptors (Lipinski definition) is 4. The lowest BCUT2D eigenvalue weighted by Gasteiger charge is -2.12. The molecular formula is C17H17N3S. The van der Waals surface area contributed by atoms with E-state index in [0.717, 1.165) is 32.5 Å². The van der Waals surface area contributed by atoms with Crippen molar-refractivity contribution in [2.45, 2.75) is 0 Å². The third-order valence-corrected chi connectivity index (χ3v) is 4.26. The fraction of sp³-hybridized carbons (Fsp3) is 0.118. The van der Waals surface area contributed by atoms with Crippen LogP contribution in [0.5, 0.6) is 0 Å². The van der Waals surface area contributed by atoms with Gasteiger partial charge in [-0.1, -0.05) is 53.8 Å². The van der Waals surface area contributed by atoms with Crippen LogP contribution in [0.3, 0.4) is 0 Å². The van der Waals surface area contributed by atoms with Crippen molar-refractivity contribution in [1.82, 2.24) is 4.98 Å². The van der Waals surface area contributed by atoms with Gasteiger partial charge in [-0.2, -0.15) is 0 Å². The van der Waals surface area contributed by atoms with Crippen molar-refractivity contribution in [1.29, 1.82) is 0 Å². The van der Waals surface area contributed by atoms with Gasteiger partial charge in [-0.05, 0) is 12.1 Å². The van der Waals surface area contributed by atoms with E-state index in [4.69, 9.17) is 10.7 Å². The molecule has 0 saturated carbocycles. The average molecular weight is 295 g/mol. The SMILES string of the molecule is CN(C)c1ccc(-c2nc(-c3ccccc3)sc2N)cc1. The summed E-state index contributed by atoms with van der Waals surface area (Å²) in [5.74, 6) is 0. The molecule has 0 bridgehead atoms. The molecule has 106 valence electrons. The van der Waals surface area contributed by atoms with Crippen molar-refractivity contribution in [3.8, 4) is 21.8 Å². The van der Waals surface area contributed by atoms with Crippen LogP contribution in [-0.4, -0.2) is 19.1 Å². The average Bonchev–Trinajstić information content (AvgIpc) is 2.90. The summed E-state index contributed by atoms with van der Waals surface area (Å²) in [6, 6.07) is 18.4. The quantitative estimate of drug-likeness (QED) is 0.790. The van der Waals surface area contributed by atoms with Crippen LogP contribution < -0.4 is 10.6 Å². The molecule has 1 aromatic heterocycles. The van der Waals surface area contributed by atoms with Gasteiger partial charge in [0.25, 0.3) is 0 Å². The van der Waals surface area contributed by atoms with Gasteiger partial charge in [-0.25, -0.2) is 4.98 Å². The van der Waals surface area contributed by atoms with Gasteiger partial charge in [-0.3, -0.25) is 0 Å². The minimum Gasteiger partial charge on any atom is -0.389 e. The topological polar surface area (TPSA) is 42.2 Å². The molecule has 0 saturated heterocycles. The van der Waals surface area contributed by atoms with E-state index in [-0.39, 0.29) is 0 Å². The van der Waals surface area contributed by atoms with Crippen LogP contribution in [0.1, 0.15) is 0 Å². The number of rotatable bonds is 3. The molecular weight excluding hydrogens is 278 g/mol. The number of benzene rings is 2. The lowest BCUT2D eigenvalue weighted by molar-refractivity contribution is 1.13. The van der Waals surface area contributed by atoms with Gasteiger partial charge >= 0.3 is 0 Å². The Labute approximate surface area is 128 Å². The summed E-state index contributed by atoms with van der Waals surface area (Å²) >= 11 is 1.53. The molecule has 3 aromatic rings. The largest absolute Gasteiger partial charge is 0.389 e. The molecule has 0 unspecified atom stereocenters. The van der Waals surface area contributed by atoms with Crippen molar-refractivity contribution in [3.05, 3.63) is 54.6 Å². The maximum absolute atomic E-state index is 6.15. The van der Waals surface area contributed by atoms with E-state index in [1.165, 1.54) is 11.3 Å². The Morgan fingerprint density at radius 3 is 2.19 bits per heavy atom. The molecule has 3 rings (SSSR count). The Bertz CT molecular complexity index is 730. The van der Waals surface area contributed by atoms with E-state index in [9.17, 15) is 0 Å². The predicted molar refractivity (Wildman–Crippen MR) is 91.7 cm³/mol. The molecule has 0 aliphatic rings. The summed E-state index contributed by atoms with van der Waals surface area (Å²) in [4.78, 5) is 6.78. The predicted octanol–water partition coefficient (Wildman–Crippen LogP) is 4.13. The fourth-order valence-corrected chi connectivity index (χ4v) is 3.02. The summed E-state index contributed by atoms with van der Waals surface area (Å²) in [5.41, 5.74) is 10.3. The van der Waals surface area contributed by atoms with Crippen molar-refractivity contribution in [2.24, 2.45) is 0 Å². The van der Waals surface area contributed by atoms with Gasteiger partial charge in [0.05, 0.1) is 0 Å². The summed E-state index contributed by atoms with van der Waals surface area (Å²) in [6.45, 7) is 0. The number of thiazole rings is 1. The lowest BCUT2D eigenvalue weighted by Crippen LogP contribution is -2.07. The minimum absolute atomic E-state index is 0.756. The van der Waals surface area contributed by atoms with E-state index in [1.54, 1.807) is 0 Å². The highest BCUT2D eigenvalue weighted by Gasteiger charge is 2.12. The van der Waals surface area contributed by atoms with E-state index in [0.29, 0.717) is 0 Å². The van der Waals surface area contributed by atoms with Gasteiger partial charge in [-0.15, -0.1) is 0 Å². The number of nitrogens with two attached hydrogens (primary N) is 1. The standard InChI is InChI=1S/C17H17N3S/c1-20(2)14-10-8-12(9-11-14)15-16(18)21-17(19-15)13-6-4-3-5-7-13/h3-11H,18H2,1-2H3. The number of nitrogens with zero attached hydrogens (tertiary/aromatic N) is 2. The molecule has 1 heterocycles. The van der Waals surface area contributed by atoms with E-state index in [2.05, 4.69) is 41.3 Å². The van der Waals surface area contributed by atoms with E-state index >= 15 is 0 Å². The first-order valence-electron chi connectivity index (χ1n) is 6.74. The zero-order valence-electron chi connectivity index (χ0n) is 12.1. The third-order valence-electron chi connectivity index (χ3n) is 3.33. The summed E-state index contributed by atoms with van der Waals surface area (Å²) < 4.78 is 0. The lowest BCUT2D eigenvalue weighted by atomic mass is 10.1. The van der Waals surface area contributed by atoms with Gasteiger partial charge < -0.3 is 10.6 Å². The Kier molecular flexibility index (Phi) is 3.62. The normalized spacial score (nSPS) is 10.6. The highest BCUT2D eigenvalue weighted by atomic mass is 32.1. The third kappa shape index (κ3) is 2.76. The molecule has 0 spiro atoms. The first kappa shape index (κ1) is 13.6. The Morgan fingerprint density at radius 2 is 1.57 bits per heavy atom. The van der Waals surface area contributed by atoms with Gasteiger partial charge in [0.15, 0.2) is 0 Å². The van der Waals surface area contributed by atoms with Crippen LogP contribution >= 0.6 is 11.3 Å². The van der Waals surface area contributed by atoms with Crippen LogP contribution in [0.4, 0.5) is 10.7 Å².